The monoisotopic (exact) mass is 132 g/mol. The number of hydrogen-bond acceptors (Lipinski definition) is 2. The van der Waals surface area contributed by atoms with E-state index in [0.29, 0.717) is 6.61 Å². The minimum Gasteiger partial charge on any atom is -0.479 e. The van der Waals surface area contributed by atoms with Gasteiger partial charge in [0, 0.05) is 6.61 Å². The lowest BCUT2D eigenvalue weighted by atomic mass is 10.4. The molecule has 0 spiro atoms. The highest BCUT2D eigenvalue weighted by atomic mass is 16.5. The van der Waals surface area contributed by atoms with Gasteiger partial charge in [-0.05, 0) is 13.3 Å². The first-order valence-corrected chi connectivity index (χ1v) is 3.03. The van der Waals surface area contributed by atoms with Crippen molar-refractivity contribution < 1.29 is 14.6 Å². The highest BCUT2D eigenvalue weighted by molar-refractivity contribution is 5.71. The quantitative estimate of drug-likeness (QED) is 0.617. The molecule has 9 heavy (non-hydrogen) atoms. The summed E-state index contributed by atoms with van der Waals surface area (Å²) in [5, 5.41) is 8.28. The molecular formula is C6H12O3. The summed E-state index contributed by atoms with van der Waals surface area (Å²) in [5.74, 6) is -0.900. The van der Waals surface area contributed by atoms with Gasteiger partial charge >= 0.3 is 5.97 Å². The fourth-order valence-corrected chi connectivity index (χ4v) is 0.366. The van der Waals surface area contributed by atoms with Gasteiger partial charge in [0.2, 0.25) is 0 Å². The van der Waals surface area contributed by atoms with E-state index < -0.39 is 12.1 Å². The molecule has 0 saturated carbocycles. The molecule has 0 aromatic heterocycles. The predicted molar refractivity (Wildman–Crippen MR) is 33.3 cm³/mol. The Morgan fingerprint density at radius 1 is 1.78 bits per heavy atom. The molecule has 0 aromatic carbocycles. The predicted octanol–water partition coefficient (Wildman–Crippen LogP) is 0.886. The van der Waals surface area contributed by atoms with Crippen LogP contribution in [0.15, 0.2) is 0 Å². The van der Waals surface area contributed by atoms with Crippen molar-refractivity contribution in [3.8, 4) is 0 Å². The third kappa shape index (κ3) is 3.97. The molecule has 3 nitrogen and oxygen atoms in total. The number of ether oxygens (including phenoxy) is 1. The average molecular weight is 132 g/mol. The van der Waals surface area contributed by atoms with Crippen molar-refractivity contribution in [1.29, 1.82) is 0 Å². The molecule has 0 aliphatic carbocycles. The number of hydrogen-bond donors (Lipinski definition) is 1. The zero-order chi connectivity index (χ0) is 7.28. The molecule has 0 aliphatic rings. The highest BCUT2D eigenvalue weighted by Gasteiger charge is 2.08. The smallest absolute Gasteiger partial charge is 0.332 e. The molecule has 0 aliphatic heterocycles. The molecule has 0 saturated heterocycles. The second-order valence-corrected chi connectivity index (χ2v) is 1.85. The van der Waals surface area contributed by atoms with Crippen LogP contribution in [0.4, 0.5) is 0 Å². The van der Waals surface area contributed by atoms with E-state index in [2.05, 4.69) is 0 Å². The van der Waals surface area contributed by atoms with Gasteiger partial charge in [0.05, 0.1) is 0 Å². The van der Waals surface area contributed by atoms with Crippen LogP contribution in [0.5, 0.6) is 0 Å². The Labute approximate surface area is 54.6 Å². The van der Waals surface area contributed by atoms with Crippen LogP contribution < -0.4 is 0 Å². The minimum absolute atomic E-state index is 0.521. The molecule has 1 atom stereocenters. The summed E-state index contributed by atoms with van der Waals surface area (Å²) < 4.78 is 4.85. The van der Waals surface area contributed by atoms with Crippen molar-refractivity contribution in [2.24, 2.45) is 0 Å². The Morgan fingerprint density at radius 3 is 2.67 bits per heavy atom. The van der Waals surface area contributed by atoms with Crippen LogP contribution in [0.25, 0.3) is 0 Å². The van der Waals surface area contributed by atoms with Crippen molar-refractivity contribution in [3.05, 3.63) is 0 Å². The lowest BCUT2D eigenvalue weighted by molar-refractivity contribution is -0.149. The topological polar surface area (TPSA) is 46.5 Å². The Kier molecular flexibility index (Phi) is 4.05. The summed E-state index contributed by atoms with van der Waals surface area (Å²) in [7, 11) is 0. The maximum atomic E-state index is 10.1. The van der Waals surface area contributed by atoms with Crippen molar-refractivity contribution in [3.63, 3.8) is 0 Å². The Balaban J connectivity index is 3.27. The van der Waals surface area contributed by atoms with Crippen molar-refractivity contribution >= 4 is 5.97 Å². The van der Waals surface area contributed by atoms with Gasteiger partial charge < -0.3 is 9.84 Å². The zero-order valence-electron chi connectivity index (χ0n) is 5.76. The van der Waals surface area contributed by atoms with Gasteiger partial charge in [-0.1, -0.05) is 6.92 Å². The van der Waals surface area contributed by atoms with Crippen LogP contribution in [0, 0.1) is 0 Å². The van der Waals surface area contributed by atoms with Crippen LogP contribution in [0.1, 0.15) is 20.3 Å². The molecule has 0 heterocycles. The van der Waals surface area contributed by atoms with Crippen LogP contribution in [0.2, 0.25) is 0 Å². The van der Waals surface area contributed by atoms with Gasteiger partial charge in [-0.2, -0.15) is 0 Å². The highest BCUT2D eigenvalue weighted by Crippen LogP contribution is 1.90. The van der Waals surface area contributed by atoms with E-state index in [1.807, 2.05) is 6.92 Å². The van der Waals surface area contributed by atoms with Gasteiger partial charge in [-0.3, -0.25) is 0 Å². The second kappa shape index (κ2) is 4.32. The van der Waals surface area contributed by atoms with E-state index in [9.17, 15) is 4.79 Å². The van der Waals surface area contributed by atoms with E-state index >= 15 is 0 Å². The van der Waals surface area contributed by atoms with E-state index in [-0.39, 0.29) is 0 Å². The van der Waals surface area contributed by atoms with E-state index in [4.69, 9.17) is 9.84 Å². The Bertz CT molecular complexity index is 90.3. The lowest BCUT2D eigenvalue weighted by Crippen LogP contribution is -2.19. The second-order valence-electron chi connectivity index (χ2n) is 1.85. The lowest BCUT2D eigenvalue weighted by Gasteiger charge is -2.05. The summed E-state index contributed by atoms with van der Waals surface area (Å²) in [6.07, 6.45) is 0.197. The molecule has 1 N–H and O–H groups in total. The maximum Gasteiger partial charge on any atom is 0.332 e. The Morgan fingerprint density at radius 2 is 2.33 bits per heavy atom. The number of aliphatic carboxylic acids is 1. The number of carboxylic acids is 1. The van der Waals surface area contributed by atoms with Gasteiger partial charge in [-0.15, -0.1) is 0 Å². The molecule has 3 heteroatoms. The molecule has 0 fully saturated rings. The van der Waals surface area contributed by atoms with Gasteiger partial charge in [0.25, 0.3) is 0 Å². The van der Waals surface area contributed by atoms with Crippen LogP contribution in [-0.4, -0.2) is 23.8 Å². The minimum atomic E-state index is -0.900. The van der Waals surface area contributed by atoms with Gasteiger partial charge in [0.1, 0.15) is 0 Å². The summed E-state index contributed by atoms with van der Waals surface area (Å²) >= 11 is 0. The average Bonchev–Trinajstić information content (AvgIpc) is 1.82. The van der Waals surface area contributed by atoms with Gasteiger partial charge in [0.15, 0.2) is 6.10 Å². The fourth-order valence-electron chi connectivity index (χ4n) is 0.366. The molecule has 0 amide bonds. The maximum absolute atomic E-state index is 10.1. The number of rotatable bonds is 4. The molecule has 0 aromatic rings. The fraction of sp³-hybridized carbons (Fsp3) is 0.833. The zero-order valence-corrected chi connectivity index (χ0v) is 5.76. The molecule has 0 unspecified atom stereocenters. The molecule has 0 bridgehead atoms. The molecule has 54 valence electrons. The largest absolute Gasteiger partial charge is 0.479 e. The first-order chi connectivity index (χ1) is 4.18. The van der Waals surface area contributed by atoms with Crippen molar-refractivity contribution in [1.82, 2.24) is 0 Å². The Hall–Kier alpha value is -0.570. The SMILES string of the molecule is CCCO[C@@H](C)C(=O)O. The summed E-state index contributed by atoms with van der Waals surface area (Å²) in [4.78, 5) is 10.1. The van der Waals surface area contributed by atoms with Crippen LogP contribution in [-0.2, 0) is 9.53 Å². The summed E-state index contributed by atoms with van der Waals surface area (Å²) in [5.41, 5.74) is 0. The standard InChI is InChI=1S/C6H12O3/c1-3-4-9-5(2)6(7)8/h5H,3-4H2,1-2H3,(H,7,8)/t5-/m0/s1. The van der Waals surface area contributed by atoms with Crippen LogP contribution >= 0.6 is 0 Å². The van der Waals surface area contributed by atoms with Crippen LogP contribution in [0.3, 0.4) is 0 Å². The van der Waals surface area contributed by atoms with Crippen molar-refractivity contribution in [2.75, 3.05) is 6.61 Å². The van der Waals surface area contributed by atoms with Crippen molar-refractivity contribution in [2.45, 2.75) is 26.4 Å². The number of carboxylic acid groups (broad SMARTS) is 1. The van der Waals surface area contributed by atoms with E-state index in [0.717, 1.165) is 6.42 Å². The summed E-state index contributed by atoms with van der Waals surface area (Å²) in [6.45, 7) is 3.99. The van der Waals surface area contributed by atoms with Gasteiger partial charge in [-0.25, -0.2) is 4.79 Å². The summed E-state index contributed by atoms with van der Waals surface area (Å²) in [6, 6.07) is 0. The third-order valence-corrected chi connectivity index (χ3v) is 0.920. The van der Waals surface area contributed by atoms with E-state index in [1.165, 1.54) is 6.92 Å². The molecular weight excluding hydrogens is 120 g/mol. The first kappa shape index (κ1) is 8.43. The normalized spacial score (nSPS) is 13.1. The van der Waals surface area contributed by atoms with E-state index in [1.54, 1.807) is 0 Å². The third-order valence-electron chi connectivity index (χ3n) is 0.920. The molecule has 0 radical (unpaired) electrons. The molecule has 0 rings (SSSR count). The number of carbonyl (C=O) groups is 1. The first-order valence-electron chi connectivity index (χ1n) is 3.03.